The first-order valence-electron chi connectivity index (χ1n) is 8.47. The molecule has 0 spiro atoms. The number of nitrogens with zero attached hydrogens (tertiary/aromatic N) is 3. The second-order valence-electron chi connectivity index (χ2n) is 6.54. The van der Waals surface area contributed by atoms with Crippen LogP contribution in [0.1, 0.15) is 24.2 Å². The lowest BCUT2D eigenvalue weighted by molar-refractivity contribution is 0.100. The number of hydrogen-bond donors (Lipinski definition) is 4. The third-order valence-corrected chi connectivity index (χ3v) is 4.40. The molecule has 2 heterocycles. The zero-order chi connectivity index (χ0) is 19.7. The molecule has 6 N–H and O–H groups in total. The maximum Gasteiger partial charge on any atom is 0.252 e. The summed E-state index contributed by atoms with van der Waals surface area (Å²) in [4.78, 5) is 16.0. The lowest BCUT2D eigenvalue weighted by atomic mass is 10.1. The molecule has 27 heavy (non-hydrogen) atoms. The van der Waals surface area contributed by atoms with Gasteiger partial charge in [0.2, 0.25) is 0 Å². The number of hydrogen-bond acceptors (Lipinski definition) is 6. The van der Waals surface area contributed by atoms with E-state index in [4.69, 9.17) is 11.5 Å². The molecule has 1 amide bonds. The van der Waals surface area contributed by atoms with Gasteiger partial charge in [-0.1, -0.05) is 0 Å². The van der Waals surface area contributed by atoms with Crippen molar-refractivity contribution in [1.29, 1.82) is 0 Å². The van der Waals surface area contributed by atoms with E-state index >= 15 is 0 Å². The number of aromatic nitrogens is 3. The second kappa shape index (κ2) is 7.20. The first kappa shape index (κ1) is 18.6. The Morgan fingerprint density at radius 1 is 1.26 bits per heavy atom. The molecule has 0 saturated carbocycles. The van der Waals surface area contributed by atoms with Crippen LogP contribution in [0.3, 0.4) is 0 Å². The Hall–Kier alpha value is -3.20. The van der Waals surface area contributed by atoms with Crippen LogP contribution in [0.4, 0.5) is 21.7 Å². The van der Waals surface area contributed by atoms with Gasteiger partial charge in [0.15, 0.2) is 11.6 Å². The number of anilines is 3. The Bertz CT molecular complexity index is 999. The fourth-order valence-corrected chi connectivity index (χ4v) is 2.60. The van der Waals surface area contributed by atoms with Crippen molar-refractivity contribution in [3.8, 4) is 0 Å². The quantitative estimate of drug-likeness (QED) is 0.526. The summed E-state index contributed by atoms with van der Waals surface area (Å²) in [5.41, 5.74) is 12.8. The summed E-state index contributed by atoms with van der Waals surface area (Å²) in [6.07, 6.45) is 1.73. The number of carbonyl (C=O) groups is 1. The van der Waals surface area contributed by atoms with Crippen LogP contribution in [-0.2, 0) is 7.05 Å². The van der Waals surface area contributed by atoms with Crippen molar-refractivity contribution < 1.29 is 9.18 Å². The number of carbonyl (C=O) groups excluding carboxylic acids is 1. The summed E-state index contributed by atoms with van der Waals surface area (Å²) in [7, 11) is 1.85. The lowest BCUT2D eigenvalue weighted by Crippen LogP contribution is -2.35. The molecular weight excluding hydrogens is 349 g/mol. The smallest absolute Gasteiger partial charge is 0.252 e. The largest absolute Gasteiger partial charge is 0.365 e. The van der Waals surface area contributed by atoms with Gasteiger partial charge in [0, 0.05) is 30.2 Å². The van der Waals surface area contributed by atoms with Crippen molar-refractivity contribution in [2.24, 2.45) is 18.5 Å². The van der Waals surface area contributed by atoms with Crippen LogP contribution in [-0.4, -0.2) is 32.8 Å². The molecule has 2 aromatic heterocycles. The maximum atomic E-state index is 14.4. The van der Waals surface area contributed by atoms with Crippen LogP contribution in [0.5, 0.6) is 0 Å². The van der Waals surface area contributed by atoms with E-state index in [-0.39, 0.29) is 29.3 Å². The SMILES string of the molecule is C[C@H](Nc1nc(Nc2ccc3c(cnn3C)c2)c(C(N)=O)cc1F)[C@@H](C)N. The Labute approximate surface area is 155 Å². The van der Waals surface area contributed by atoms with Gasteiger partial charge in [0.25, 0.3) is 5.91 Å². The number of primary amides is 1. The van der Waals surface area contributed by atoms with Crippen LogP contribution < -0.4 is 22.1 Å². The highest BCUT2D eigenvalue weighted by molar-refractivity contribution is 5.99. The molecule has 3 aromatic rings. The molecule has 1 aromatic carbocycles. The molecule has 0 radical (unpaired) electrons. The minimum absolute atomic E-state index is 0.00486. The average Bonchev–Trinajstić information content (AvgIpc) is 2.97. The van der Waals surface area contributed by atoms with Gasteiger partial charge in [0.05, 0.1) is 17.3 Å². The lowest BCUT2D eigenvalue weighted by Gasteiger charge is -2.20. The molecule has 0 fully saturated rings. The summed E-state index contributed by atoms with van der Waals surface area (Å²) < 4.78 is 16.1. The minimum atomic E-state index is -0.779. The Morgan fingerprint density at radius 2 is 2.00 bits per heavy atom. The van der Waals surface area contributed by atoms with Crippen LogP contribution in [0.2, 0.25) is 0 Å². The van der Waals surface area contributed by atoms with E-state index in [0.717, 1.165) is 17.0 Å². The van der Waals surface area contributed by atoms with Crippen molar-refractivity contribution >= 4 is 34.1 Å². The van der Waals surface area contributed by atoms with Gasteiger partial charge in [-0.2, -0.15) is 5.10 Å². The molecule has 0 saturated heterocycles. The van der Waals surface area contributed by atoms with E-state index in [1.165, 1.54) is 0 Å². The van der Waals surface area contributed by atoms with Gasteiger partial charge in [-0.15, -0.1) is 0 Å². The molecule has 2 atom stereocenters. The summed E-state index contributed by atoms with van der Waals surface area (Å²) in [6.45, 7) is 3.62. The normalized spacial score (nSPS) is 13.4. The molecule has 0 bridgehead atoms. The van der Waals surface area contributed by atoms with E-state index in [0.29, 0.717) is 5.69 Å². The van der Waals surface area contributed by atoms with E-state index in [1.807, 2.05) is 32.2 Å². The first-order chi connectivity index (χ1) is 12.8. The number of nitrogens with one attached hydrogen (secondary N) is 2. The predicted molar refractivity (Wildman–Crippen MR) is 103 cm³/mol. The fourth-order valence-electron chi connectivity index (χ4n) is 2.60. The molecular formula is C18H22FN7O. The molecule has 3 rings (SSSR count). The number of amides is 1. The van der Waals surface area contributed by atoms with E-state index < -0.39 is 11.7 Å². The van der Waals surface area contributed by atoms with Crippen molar-refractivity contribution in [3.05, 3.63) is 41.8 Å². The topological polar surface area (TPSA) is 124 Å². The van der Waals surface area contributed by atoms with Crippen molar-refractivity contribution in [1.82, 2.24) is 14.8 Å². The average molecular weight is 371 g/mol. The number of nitrogens with two attached hydrogens (primary N) is 2. The Balaban J connectivity index is 1.99. The Kier molecular flexibility index (Phi) is 4.95. The highest BCUT2D eigenvalue weighted by Gasteiger charge is 2.18. The predicted octanol–water partition coefficient (Wildman–Crippen LogP) is 2.10. The molecule has 9 heteroatoms. The third kappa shape index (κ3) is 3.82. The number of pyridine rings is 1. The molecule has 8 nitrogen and oxygen atoms in total. The number of fused-ring (bicyclic) bond motifs is 1. The summed E-state index contributed by atoms with van der Waals surface area (Å²) in [6, 6.07) is 6.19. The van der Waals surface area contributed by atoms with Crippen LogP contribution in [0.15, 0.2) is 30.5 Å². The van der Waals surface area contributed by atoms with E-state index in [2.05, 4.69) is 20.7 Å². The third-order valence-electron chi connectivity index (χ3n) is 4.40. The van der Waals surface area contributed by atoms with Crippen molar-refractivity contribution in [2.75, 3.05) is 10.6 Å². The molecule has 142 valence electrons. The van der Waals surface area contributed by atoms with Crippen LogP contribution in [0, 0.1) is 5.82 Å². The van der Waals surface area contributed by atoms with Gasteiger partial charge >= 0.3 is 0 Å². The number of halogens is 1. The summed E-state index contributed by atoms with van der Waals surface area (Å²) in [5, 5.41) is 11.1. The minimum Gasteiger partial charge on any atom is -0.365 e. The zero-order valence-electron chi connectivity index (χ0n) is 15.3. The molecule has 0 aliphatic rings. The summed E-state index contributed by atoms with van der Waals surface area (Å²) >= 11 is 0. The summed E-state index contributed by atoms with van der Waals surface area (Å²) in [5.74, 6) is -1.30. The van der Waals surface area contributed by atoms with E-state index in [9.17, 15) is 9.18 Å². The molecule has 0 aliphatic carbocycles. The Morgan fingerprint density at radius 3 is 2.67 bits per heavy atom. The number of benzene rings is 1. The first-order valence-corrected chi connectivity index (χ1v) is 8.47. The highest BCUT2D eigenvalue weighted by atomic mass is 19.1. The van der Waals surface area contributed by atoms with Gasteiger partial charge < -0.3 is 22.1 Å². The van der Waals surface area contributed by atoms with Gasteiger partial charge in [0.1, 0.15) is 5.82 Å². The van der Waals surface area contributed by atoms with Crippen LogP contribution in [0.25, 0.3) is 10.9 Å². The standard InChI is InChI=1S/C18H22FN7O/c1-9(20)10(2)23-18-14(19)7-13(16(21)27)17(25-18)24-12-4-5-15-11(6-12)8-22-26(15)3/h4-10H,20H2,1-3H3,(H2,21,27)(H2,23,24,25)/t9-,10+/m1/s1. The van der Waals surface area contributed by atoms with Crippen LogP contribution >= 0.6 is 0 Å². The second-order valence-corrected chi connectivity index (χ2v) is 6.54. The number of rotatable bonds is 6. The highest BCUT2D eigenvalue weighted by Crippen LogP contribution is 2.26. The van der Waals surface area contributed by atoms with Gasteiger partial charge in [-0.3, -0.25) is 9.48 Å². The number of aryl methyl sites for hydroxylation is 1. The monoisotopic (exact) mass is 371 g/mol. The van der Waals surface area contributed by atoms with Crippen molar-refractivity contribution in [3.63, 3.8) is 0 Å². The molecule has 0 aliphatic heterocycles. The van der Waals surface area contributed by atoms with Gasteiger partial charge in [-0.25, -0.2) is 9.37 Å². The fraction of sp³-hybridized carbons (Fsp3) is 0.278. The zero-order valence-corrected chi connectivity index (χ0v) is 15.3. The van der Waals surface area contributed by atoms with E-state index in [1.54, 1.807) is 17.8 Å². The molecule has 0 unspecified atom stereocenters. The van der Waals surface area contributed by atoms with Gasteiger partial charge in [-0.05, 0) is 38.1 Å². The maximum absolute atomic E-state index is 14.4. The van der Waals surface area contributed by atoms with Crippen molar-refractivity contribution in [2.45, 2.75) is 25.9 Å².